The zero-order valence-corrected chi connectivity index (χ0v) is 71.2. The van der Waals surface area contributed by atoms with E-state index in [0.29, 0.717) is 119 Å². The second-order valence-corrected chi connectivity index (χ2v) is 31.5. The Hall–Kier alpha value is -12.1. The lowest BCUT2D eigenvalue weighted by molar-refractivity contribution is -0.139. The van der Waals surface area contributed by atoms with Crippen molar-refractivity contribution in [2.24, 2.45) is 0 Å². The van der Waals surface area contributed by atoms with Crippen LogP contribution in [0.1, 0.15) is 49.0 Å². The van der Waals surface area contributed by atoms with Crippen LogP contribution < -0.4 is 46.2 Å². The van der Waals surface area contributed by atoms with Gasteiger partial charge in [-0.1, -0.05) is 59.4 Å². The average Bonchev–Trinajstić information content (AvgIpc) is 1.66. The smallest absolute Gasteiger partial charge is 0.380 e. The van der Waals surface area contributed by atoms with Gasteiger partial charge in [0.25, 0.3) is 0 Å². The number of hydrogen-bond acceptors (Lipinski definition) is 24. The fourth-order valence-electron chi connectivity index (χ4n) is 14.9. The molecule has 0 spiro atoms. The number of hydrogen-bond donors (Lipinski definition) is 9. The van der Waals surface area contributed by atoms with Gasteiger partial charge in [-0.15, -0.1) is 6.58 Å². The highest BCUT2D eigenvalue weighted by molar-refractivity contribution is 6.32. The molecule has 0 bridgehead atoms. The molecule has 4 aliphatic heterocycles. The summed E-state index contributed by atoms with van der Waals surface area (Å²) < 4.78 is 197. The molecule has 4 unspecified atom stereocenters. The third kappa shape index (κ3) is 23.7. The maximum Gasteiger partial charge on any atom is 0.405 e. The van der Waals surface area contributed by atoms with E-state index in [1.165, 1.54) is 67.3 Å². The van der Waals surface area contributed by atoms with Crippen molar-refractivity contribution < 1.29 is 105 Å². The summed E-state index contributed by atoms with van der Waals surface area (Å²) in [5.74, 6) is -3.43. The minimum Gasteiger partial charge on any atom is -0.380 e. The second kappa shape index (κ2) is 40.9. The van der Waals surface area contributed by atoms with Gasteiger partial charge in [-0.25, -0.2) is 68.6 Å². The minimum absolute atomic E-state index is 0. The summed E-state index contributed by atoms with van der Waals surface area (Å²) in [5.41, 5.74) is 4.59. The number of aromatic nitrogens is 16. The van der Waals surface area contributed by atoms with Gasteiger partial charge >= 0.3 is 24.7 Å². The van der Waals surface area contributed by atoms with E-state index in [2.05, 4.69) is 91.6 Å². The van der Waals surface area contributed by atoms with Crippen LogP contribution >= 0.6 is 46.4 Å². The molecule has 12 aromatic heterocycles. The number of ether oxygens (including phenoxy) is 3. The number of aromatic amines is 4. The number of methoxy groups -OCH3 is 2. The summed E-state index contributed by atoms with van der Waals surface area (Å²) in [6.45, 7) is 1.40. The number of H-pyrrole nitrogens is 4. The average molecular weight is 1920 g/mol. The number of carbonyl (C=O) groups is 4. The molecule has 704 valence electrons. The molecule has 8 atom stereocenters. The molecular weight excluding hydrogens is 1830 g/mol. The Morgan fingerprint density at radius 3 is 1.10 bits per heavy atom. The number of rotatable bonds is 24. The van der Waals surface area contributed by atoms with Crippen LogP contribution in [-0.2, 0) is 33.4 Å². The Morgan fingerprint density at radius 2 is 0.769 bits per heavy atom. The van der Waals surface area contributed by atoms with E-state index in [0.717, 1.165) is 29.6 Å². The Kier molecular flexibility index (Phi) is 30.1. The molecule has 0 radical (unpaired) electrons. The lowest BCUT2D eigenvalue weighted by Gasteiger charge is -2.25. The van der Waals surface area contributed by atoms with Gasteiger partial charge in [-0.05, 0) is 55.8 Å². The first-order valence-corrected chi connectivity index (χ1v) is 41.0. The summed E-state index contributed by atoms with van der Waals surface area (Å²) in [7, 11) is 2.99. The van der Waals surface area contributed by atoms with Gasteiger partial charge in [0.1, 0.15) is 84.6 Å². The normalized spacial score (nSPS) is 18.8. The molecule has 12 aromatic rings. The van der Waals surface area contributed by atoms with E-state index in [-0.39, 0.29) is 96.9 Å². The van der Waals surface area contributed by atoms with Gasteiger partial charge in [-0.2, -0.15) is 52.7 Å². The molecule has 9 N–H and O–H groups in total. The molecular formula is C80H91Cl4F14N25O7. The fraction of sp³-hybridized carbons (Fsp3) is 0.375. The predicted octanol–water partition coefficient (Wildman–Crippen LogP) is 14.7. The molecule has 4 amide bonds. The van der Waals surface area contributed by atoms with Crippen LogP contribution in [0.5, 0.6) is 0 Å². The first-order chi connectivity index (χ1) is 61.8. The van der Waals surface area contributed by atoms with Gasteiger partial charge in [0.2, 0.25) is 23.6 Å². The standard InChI is InChI=1S/C21H22ClF4N7O.C21H19ClF4N6O2.2C19H18ClF3N6O2.7H2/c1-2-3-27-12-5-16(20(34)31-10-21(24,25)26)33(9-12)19-15(23)8-30-18(32-19)14-7-29-17-13(14)4-11(22)6-28-17;1-2-3-34-12-5-16(20(33)30-10-21(24,25)26)32(9-12)19-15(23)8-29-18(31-19)14-7-28-17-13(14)4-11(22)6-27-17;2*1-31-11-5-14(18(30)27-9-19(21,22)23)29(8-11)15-2-3-24-17(28-15)13-7-26-16-12(13)4-10(20)6-25-16;;;;;;;/h4,6-8,12,16,27H,2-3,5,9-10H2,1H3,(H,28,29)(H,31,34);2,4,6-8,12,16H,1,3,5,9-10H2,(H,27,28)(H,30,33);2*2-4,6-7,11,14H,5,8-9H2,1H3,(H,25,26)(H,27,30);7*1H/t2*12?,16-;2*11?,14-;;;;;;;/m1110......./s1. The van der Waals surface area contributed by atoms with Crippen LogP contribution in [-0.4, -0.2) is 256 Å². The molecule has 4 aliphatic rings. The minimum atomic E-state index is -4.59. The van der Waals surface area contributed by atoms with Crippen LogP contribution in [0, 0.1) is 11.6 Å². The highest BCUT2D eigenvalue weighted by Gasteiger charge is 2.45. The van der Waals surface area contributed by atoms with Crippen molar-refractivity contribution >= 4 is 137 Å². The maximum absolute atomic E-state index is 14.9. The summed E-state index contributed by atoms with van der Waals surface area (Å²) in [4.78, 5) is 119. The molecule has 4 fully saturated rings. The molecule has 0 aliphatic carbocycles. The lowest BCUT2D eigenvalue weighted by atomic mass is 10.1. The van der Waals surface area contributed by atoms with Crippen LogP contribution in [0.4, 0.5) is 84.7 Å². The Bertz CT molecular complexity index is 5920. The van der Waals surface area contributed by atoms with Gasteiger partial charge < -0.3 is 80.3 Å². The van der Waals surface area contributed by atoms with E-state index in [1.54, 1.807) is 71.0 Å². The largest absolute Gasteiger partial charge is 0.405 e. The molecule has 16 rings (SSSR count). The number of pyridine rings is 4. The quantitative estimate of drug-likeness (QED) is 0.0200. The fourth-order valence-corrected chi connectivity index (χ4v) is 15.5. The first kappa shape index (κ1) is 95.5. The Labute approximate surface area is 757 Å². The number of carbonyl (C=O) groups excluding carboxylic acids is 4. The number of alkyl halides is 12. The molecule has 4 saturated heterocycles. The van der Waals surface area contributed by atoms with E-state index in [1.807, 2.05) is 28.2 Å². The van der Waals surface area contributed by atoms with Crippen molar-refractivity contribution in [1.82, 2.24) is 106 Å². The van der Waals surface area contributed by atoms with E-state index in [9.17, 15) is 80.6 Å². The van der Waals surface area contributed by atoms with Gasteiger partial charge in [0.05, 0.1) is 57.4 Å². The molecule has 50 heteroatoms. The van der Waals surface area contributed by atoms with Crippen molar-refractivity contribution in [3.05, 3.63) is 155 Å². The highest BCUT2D eigenvalue weighted by Crippen LogP contribution is 2.39. The van der Waals surface area contributed by atoms with Crippen molar-refractivity contribution in [2.45, 2.75) is 112 Å². The number of fused-ring (bicyclic) bond motifs is 4. The zero-order chi connectivity index (χ0) is 93.3. The van der Waals surface area contributed by atoms with Crippen LogP contribution in [0.2, 0.25) is 20.1 Å². The van der Waals surface area contributed by atoms with Gasteiger partial charge in [-0.3, -0.25) is 19.2 Å². The highest BCUT2D eigenvalue weighted by atomic mass is 35.5. The Morgan fingerprint density at radius 1 is 0.454 bits per heavy atom. The van der Waals surface area contributed by atoms with E-state index < -0.39 is 116 Å². The third-order valence-corrected chi connectivity index (χ3v) is 21.6. The number of amides is 4. The summed E-state index contributed by atoms with van der Waals surface area (Å²) in [5, 5.41) is 15.2. The number of nitrogens with zero attached hydrogens (tertiary/aromatic N) is 16. The van der Waals surface area contributed by atoms with E-state index >= 15 is 0 Å². The van der Waals surface area contributed by atoms with Crippen molar-refractivity contribution in [1.29, 1.82) is 0 Å². The lowest BCUT2D eigenvalue weighted by Crippen LogP contribution is -2.46. The van der Waals surface area contributed by atoms with Crippen molar-refractivity contribution in [2.75, 3.05) is 99.3 Å². The summed E-state index contributed by atoms with van der Waals surface area (Å²) >= 11 is 24.2. The maximum atomic E-state index is 14.9. The number of halogens is 18. The number of anilines is 4. The summed E-state index contributed by atoms with van der Waals surface area (Å²) in [6, 6.07) is 5.88. The molecule has 32 nitrogen and oxygen atoms in total. The first-order valence-electron chi connectivity index (χ1n) is 39.5. The van der Waals surface area contributed by atoms with E-state index in [4.69, 9.17) is 60.6 Å². The third-order valence-electron chi connectivity index (χ3n) is 20.8. The predicted molar refractivity (Wildman–Crippen MR) is 466 cm³/mol. The topological polar surface area (TPSA) is 387 Å². The molecule has 16 heterocycles. The number of nitrogens with one attached hydrogen (secondary N) is 9. The zero-order valence-electron chi connectivity index (χ0n) is 68.2. The Balaban J connectivity index is 0.000000276. The van der Waals surface area contributed by atoms with Gasteiger partial charge in [0.15, 0.2) is 46.6 Å². The molecule has 0 saturated carbocycles. The molecule has 0 aromatic carbocycles. The van der Waals surface area contributed by atoms with Crippen LogP contribution in [0.15, 0.2) is 123 Å². The molecule has 130 heavy (non-hydrogen) atoms. The SMILES string of the molecule is C=CCOC1C[C@H](C(=O)NCC(F)(F)F)N(c2nc(-c3c[nH]c4ncc(Cl)cc34)ncc2F)C1.CCCNC1C[C@H](C(=O)NCC(F)(F)F)N(c2nc(-c3c[nH]c4ncc(Cl)cc34)ncc2F)C1.COC1C[C@@H](C(=O)NCC(F)(F)F)N(c2ccnc(-c3c[nH]c4ncc(Cl)cc34)n2)C1.COC1C[C@H](C(=O)NCC(F)(F)F)N(c2ccnc(-c3c[nH]c4ncc(Cl)cc34)n2)C1.[HH].[HH].[HH].[HH].[HH].[HH].[HH]. The second-order valence-electron chi connectivity index (χ2n) is 29.8. The van der Waals surface area contributed by atoms with Crippen LogP contribution in [0.3, 0.4) is 0 Å². The van der Waals surface area contributed by atoms with Gasteiger partial charge in [0, 0.05) is 181 Å². The van der Waals surface area contributed by atoms with Crippen LogP contribution in [0.25, 0.3) is 89.7 Å². The van der Waals surface area contributed by atoms with Crippen molar-refractivity contribution in [3.8, 4) is 45.6 Å². The monoisotopic (exact) mass is 1920 g/mol. The summed E-state index contributed by atoms with van der Waals surface area (Å²) in [6.07, 6.45) is 1.24. The van der Waals surface area contributed by atoms with Crippen molar-refractivity contribution in [3.63, 3.8) is 0 Å².